The highest BCUT2D eigenvalue weighted by molar-refractivity contribution is 5.44. The fourth-order valence-corrected chi connectivity index (χ4v) is 1.82. The van der Waals surface area contributed by atoms with Crippen molar-refractivity contribution in [3.63, 3.8) is 0 Å². The van der Waals surface area contributed by atoms with Gasteiger partial charge in [-0.05, 0) is 52.1 Å². The SMILES string of the molecule is C=CC=CC(=C)C(=C)C=CC(=C)OC(C)CC(C)(C)N(C)C. The maximum atomic E-state index is 5.83. The summed E-state index contributed by atoms with van der Waals surface area (Å²) in [4.78, 5) is 2.20. The van der Waals surface area contributed by atoms with Crippen LogP contribution >= 0.6 is 0 Å². The molecule has 1 unspecified atom stereocenters. The summed E-state index contributed by atoms with van der Waals surface area (Å²) < 4.78 is 5.83. The van der Waals surface area contributed by atoms with Crippen molar-refractivity contribution < 1.29 is 4.74 Å². The highest BCUT2D eigenvalue weighted by Gasteiger charge is 2.24. The second kappa shape index (κ2) is 9.26. The average molecular weight is 301 g/mol. The lowest BCUT2D eigenvalue weighted by Crippen LogP contribution is -2.40. The number of rotatable bonds is 10. The summed E-state index contributed by atoms with van der Waals surface area (Å²) in [6.07, 6.45) is 10.1. The van der Waals surface area contributed by atoms with Crippen LogP contribution in [0.25, 0.3) is 0 Å². The van der Waals surface area contributed by atoms with E-state index in [1.807, 2.05) is 24.3 Å². The minimum absolute atomic E-state index is 0.0801. The maximum Gasteiger partial charge on any atom is 0.112 e. The van der Waals surface area contributed by atoms with Gasteiger partial charge in [0.1, 0.15) is 5.76 Å². The standard InChI is InChI=1S/C20H31NO/c1-10-11-12-16(2)17(3)13-14-18(4)22-19(5)15-20(6,7)21(8)9/h10-14,19H,1-4,15H2,5-9H3. The van der Waals surface area contributed by atoms with Gasteiger partial charge in [-0.15, -0.1) is 0 Å². The predicted molar refractivity (Wildman–Crippen MR) is 98.8 cm³/mol. The van der Waals surface area contributed by atoms with E-state index in [9.17, 15) is 0 Å². The Morgan fingerprint density at radius 3 is 2.14 bits per heavy atom. The van der Waals surface area contributed by atoms with Crippen LogP contribution < -0.4 is 0 Å². The molecule has 22 heavy (non-hydrogen) atoms. The largest absolute Gasteiger partial charge is 0.491 e. The molecule has 0 aromatic rings. The summed E-state index contributed by atoms with van der Waals surface area (Å²) in [5.41, 5.74) is 1.74. The third kappa shape index (κ3) is 7.84. The third-order valence-corrected chi connectivity index (χ3v) is 3.67. The van der Waals surface area contributed by atoms with Gasteiger partial charge in [0.05, 0.1) is 6.10 Å². The molecule has 2 heteroatoms. The van der Waals surface area contributed by atoms with Crippen molar-refractivity contribution in [2.75, 3.05) is 14.1 Å². The van der Waals surface area contributed by atoms with Crippen LogP contribution in [0.4, 0.5) is 0 Å². The molecule has 0 spiro atoms. The van der Waals surface area contributed by atoms with E-state index in [0.717, 1.165) is 17.6 Å². The highest BCUT2D eigenvalue weighted by Crippen LogP contribution is 2.20. The van der Waals surface area contributed by atoms with Gasteiger partial charge in [0, 0.05) is 12.0 Å². The van der Waals surface area contributed by atoms with Crippen molar-refractivity contribution in [3.05, 3.63) is 73.6 Å². The number of ether oxygens (including phenoxy) is 1. The summed E-state index contributed by atoms with van der Waals surface area (Å²) in [5, 5.41) is 0. The molecule has 0 N–H and O–H groups in total. The van der Waals surface area contributed by atoms with E-state index in [0.29, 0.717) is 5.76 Å². The number of hydrogen-bond donors (Lipinski definition) is 0. The van der Waals surface area contributed by atoms with Gasteiger partial charge >= 0.3 is 0 Å². The summed E-state index contributed by atoms with van der Waals surface area (Å²) in [5.74, 6) is 0.628. The van der Waals surface area contributed by atoms with Crippen LogP contribution in [-0.4, -0.2) is 30.6 Å². The summed E-state index contributed by atoms with van der Waals surface area (Å²) in [6, 6.07) is 0. The molecule has 0 heterocycles. The fraction of sp³-hybridized carbons (Fsp3) is 0.400. The topological polar surface area (TPSA) is 12.5 Å². The molecule has 0 aliphatic carbocycles. The number of hydrogen-bond acceptors (Lipinski definition) is 2. The Morgan fingerprint density at radius 2 is 1.64 bits per heavy atom. The molecule has 122 valence electrons. The molecular weight excluding hydrogens is 270 g/mol. The molecule has 0 radical (unpaired) electrons. The smallest absolute Gasteiger partial charge is 0.112 e. The first kappa shape index (κ1) is 20.2. The molecule has 2 nitrogen and oxygen atoms in total. The molecule has 0 aliphatic heterocycles. The molecule has 0 rings (SSSR count). The lowest BCUT2D eigenvalue weighted by molar-refractivity contribution is 0.0707. The molecular formula is C20H31NO. The first-order chi connectivity index (χ1) is 10.1. The molecule has 0 bridgehead atoms. The Balaban J connectivity index is 4.47. The van der Waals surface area contributed by atoms with E-state index in [1.54, 1.807) is 6.08 Å². The minimum Gasteiger partial charge on any atom is -0.491 e. The van der Waals surface area contributed by atoms with Crippen LogP contribution in [0.3, 0.4) is 0 Å². The van der Waals surface area contributed by atoms with Gasteiger partial charge in [-0.1, -0.05) is 50.6 Å². The summed E-state index contributed by atoms with van der Waals surface area (Å²) in [7, 11) is 4.15. The second-order valence-corrected chi connectivity index (χ2v) is 6.28. The molecule has 1 atom stereocenters. The first-order valence-electron chi connectivity index (χ1n) is 7.48. The van der Waals surface area contributed by atoms with Gasteiger partial charge < -0.3 is 9.64 Å². The van der Waals surface area contributed by atoms with Crippen LogP contribution in [0.1, 0.15) is 27.2 Å². The zero-order valence-electron chi connectivity index (χ0n) is 14.9. The van der Waals surface area contributed by atoms with Crippen LogP contribution in [0.5, 0.6) is 0 Å². The summed E-state index contributed by atoms with van der Waals surface area (Å²) in [6.45, 7) is 21.9. The van der Waals surface area contributed by atoms with Crippen LogP contribution in [0.2, 0.25) is 0 Å². The minimum atomic E-state index is 0.0801. The molecule has 0 saturated heterocycles. The Hall–Kier alpha value is -1.80. The second-order valence-electron chi connectivity index (χ2n) is 6.28. The first-order valence-corrected chi connectivity index (χ1v) is 7.48. The summed E-state index contributed by atoms with van der Waals surface area (Å²) >= 11 is 0. The molecule has 0 aliphatic rings. The van der Waals surface area contributed by atoms with E-state index in [-0.39, 0.29) is 11.6 Å². The van der Waals surface area contributed by atoms with Gasteiger partial charge in [0.25, 0.3) is 0 Å². The Morgan fingerprint density at radius 1 is 1.09 bits per heavy atom. The third-order valence-electron chi connectivity index (χ3n) is 3.67. The monoisotopic (exact) mass is 301 g/mol. The van der Waals surface area contributed by atoms with Crippen molar-refractivity contribution >= 4 is 0 Å². The lowest BCUT2D eigenvalue weighted by Gasteiger charge is -2.34. The lowest BCUT2D eigenvalue weighted by atomic mass is 9.96. The zero-order valence-corrected chi connectivity index (χ0v) is 14.9. The van der Waals surface area contributed by atoms with E-state index < -0.39 is 0 Å². The zero-order chi connectivity index (χ0) is 17.3. The van der Waals surface area contributed by atoms with Crippen molar-refractivity contribution in [2.24, 2.45) is 0 Å². The average Bonchev–Trinajstić information content (AvgIpc) is 2.40. The normalized spacial score (nSPS) is 13.5. The van der Waals surface area contributed by atoms with E-state index in [2.05, 4.69) is 66.1 Å². The van der Waals surface area contributed by atoms with Gasteiger partial charge in [-0.25, -0.2) is 0 Å². The van der Waals surface area contributed by atoms with Crippen LogP contribution in [-0.2, 0) is 4.74 Å². The molecule has 0 saturated carbocycles. The quantitative estimate of drug-likeness (QED) is 0.414. The predicted octanol–water partition coefficient (Wildman–Crippen LogP) is 5.05. The molecule has 0 aromatic heterocycles. The van der Waals surface area contributed by atoms with Gasteiger partial charge in [0.2, 0.25) is 0 Å². The Bertz CT molecular complexity index is 478. The van der Waals surface area contributed by atoms with E-state index in [4.69, 9.17) is 4.74 Å². The van der Waals surface area contributed by atoms with Crippen LogP contribution in [0.15, 0.2) is 73.6 Å². The Labute approximate surface area is 136 Å². The van der Waals surface area contributed by atoms with Crippen molar-refractivity contribution in [3.8, 4) is 0 Å². The van der Waals surface area contributed by atoms with Gasteiger partial charge in [-0.3, -0.25) is 0 Å². The maximum absolute atomic E-state index is 5.83. The fourth-order valence-electron chi connectivity index (χ4n) is 1.82. The van der Waals surface area contributed by atoms with Crippen molar-refractivity contribution in [2.45, 2.75) is 38.8 Å². The van der Waals surface area contributed by atoms with Gasteiger partial charge in [-0.2, -0.15) is 0 Å². The van der Waals surface area contributed by atoms with Crippen molar-refractivity contribution in [1.29, 1.82) is 0 Å². The number of allylic oxidation sites excluding steroid dienone is 7. The Kier molecular flexibility index (Phi) is 8.51. The van der Waals surface area contributed by atoms with Gasteiger partial charge in [0.15, 0.2) is 0 Å². The van der Waals surface area contributed by atoms with E-state index >= 15 is 0 Å². The highest BCUT2D eigenvalue weighted by atomic mass is 16.5. The van der Waals surface area contributed by atoms with E-state index in [1.165, 1.54) is 0 Å². The van der Waals surface area contributed by atoms with Crippen molar-refractivity contribution in [1.82, 2.24) is 4.90 Å². The molecule has 0 amide bonds. The molecule has 0 fully saturated rings. The molecule has 0 aromatic carbocycles. The number of nitrogens with zero attached hydrogens (tertiary/aromatic N) is 1. The van der Waals surface area contributed by atoms with Crippen LogP contribution in [0, 0.1) is 0 Å².